The quantitative estimate of drug-likeness (QED) is 0.791. The number of aliphatic hydroxyl groups excluding tert-OH is 1. The number of aryl methyl sites for hydroxylation is 1. The zero-order chi connectivity index (χ0) is 20.2. The number of halogens is 1. The molecule has 0 bridgehead atoms. The first kappa shape index (κ1) is 20.0. The molecule has 1 atom stereocenters. The molecule has 1 fully saturated rings. The Morgan fingerprint density at radius 1 is 1.07 bits per heavy atom. The van der Waals surface area contributed by atoms with E-state index in [1.807, 2.05) is 36.4 Å². The van der Waals surface area contributed by atoms with Crippen molar-refractivity contribution in [1.29, 1.82) is 0 Å². The lowest BCUT2D eigenvalue weighted by Gasteiger charge is -2.36. The van der Waals surface area contributed by atoms with Crippen LogP contribution in [-0.4, -0.2) is 54.7 Å². The average Bonchev–Trinajstić information content (AvgIpc) is 2.73. The van der Waals surface area contributed by atoms with E-state index in [-0.39, 0.29) is 5.91 Å². The number of benzene rings is 2. The minimum Gasteiger partial charge on any atom is -0.388 e. The van der Waals surface area contributed by atoms with E-state index in [0.717, 1.165) is 54.4 Å². The summed E-state index contributed by atoms with van der Waals surface area (Å²) in [5, 5.41) is 14.1. The van der Waals surface area contributed by atoms with Gasteiger partial charge in [-0.25, -0.2) is 0 Å². The Morgan fingerprint density at radius 3 is 2.59 bits per heavy atom. The standard InChI is InChI=1S/C23H26ClN3O2/c24-19-4-6-20(7-5-19)27-13-11-26(12-14-27)16-21(28)8-1-17-2-9-22-18(15-17)3-10-23(29)25-22/h1-2,4-9,15,21,28H,3,10-14,16H2,(H,25,29)/b8-1+. The monoisotopic (exact) mass is 411 g/mol. The number of carbonyl (C=O) groups excluding carboxylic acids is 1. The second kappa shape index (κ2) is 8.99. The van der Waals surface area contributed by atoms with E-state index in [0.29, 0.717) is 13.0 Å². The highest BCUT2D eigenvalue weighted by molar-refractivity contribution is 6.30. The summed E-state index contributed by atoms with van der Waals surface area (Å²) in [5.74, 6) is 0.0763. The van der Waals surface area contributed by atoms with Crippen LogP contribution in [0.3, 0.4) is 0 Å². The van der Waals surface area contributed by atoms with Gasteiger partial charge in [0.05, 0.1) is 6.10 Å². The third-order valence-electron chi connectivity index (χ3n) is 5.54. The smallest absolute Gasteiger partial charge is 0.224 e. The molecule has 0 radical (unpaired) electrons. The fourth-order valence-electron chi connectivity index (χ4n) is 3.90. The molecule has 4 rings (SSSR count). The number of β-amino-alcohol motifs (C(OH)–C–C–N with tert-alkyl or cyclic N) is 1. The second-order valence-electron chi connectivity index (χ2n) is 7.66. The van der Waals surface area contributed by atoms with Crippen LogP contribution >= 0.6 is 11.6 Å². The van der Waals surface area contributed by atoms with Gasteiger partial charge in [-0.1, -0.05) is 29.8 Å². The summed E-state index contributed by atoms with van der Waals surface area (Å²) in [6, 6.07) is 14.0. The molecule has 2 heterocycles. The molecule has 0 aromatic heterocycles. The highest BCUT2D eigenvalue weighted by atomic mass is 35.5. The number of nitrogens with one attached hydrogen (secondary N) is 1. The summed E-state index contributed by atoms with van der Waals surface area (Å²) in [6.07, 6.45) is 4.61. The van der Waals surface area contributed by atoms with Crippen LogP contribution < -0.4 is 10.2 Å². The minimum absolute atomic E-state index is 0.0763. The lowest BCUT2D eigenvalue weighted by molar-refractivity contribution is -0.116. The molecule has 0 saturated carbocycles. The van der Waals surface area contributed by atoms with Crippen molar-refractivity contribution in [3.63, 3.8) is 0 Å². The van der Waals surface area contributed by atoms with Crippen molar-refractivity contribution in [1.82, 2.24) is 4.90 Å². The number of amides is 1. The Kier molecular flexibility index (Phi) is 6.19. The topological polar surface area (TPSA) is 55.8 Å². The fourth-order valence-corrected chi connectivity index (χ4v) is 4.02. The van der Waals surface area contributed by atoms with Crippen LogP contribution in [0, 0.1) is 0 Å². The molecular formula is C23H26ClN3O2. The van der Waals surface area contributed by atoms with Crippen LogP contribution in [0.15, 0.2) is 48.5 Å². The molecule has 2 aromatic rings. The predicted octanol–water partition coefficient (Wildman–Crippen LogP) is 3.42. The Balaban J connectivity index is 1.27. The molecule has 2 N–H and O–H groups in total. The van der Waals surface area contributed by atoms with Gasteiger partial charge in [-0.15, -0.1) is 0 Å². The molecule has 0 spiro atoms. The molecule has 1 amide bonds. The Bertz CT molecular complexity index is 889. The molecule has 6 heteroatoms. The van der Waals surface area contributed by atoms with Gasteiger partial charge in [-0.3, -0.25) is 9.69 Å². The van der Waals surface area contributed by atoms with Crippen LogP contribution in [0.4, 0.5) is 11.4 Å². The SMILES string of the molecule is O=C1CCc2cc(/C=C/C(O)CN3CCN(c4ccc(Cl)cc4)CC3)ccc2N1. The van der Waals surface area contributed by atoms with Gasteiger partial charge < -0.3 is 15.3 Å². The van der Waals surface area contributed by atoms with Gasteiger partial charge in [0.1, 0.15) is 0 Å². The number of anilines is 2. The van der Waals surface area contributed by atoms with E-state index < -0.39 is 6.10 Å². The van der Waals surface area contributed by atoms with Crippen molar-refractivity contribution in [3.05, 3.63) is 64.7 Å². The van der Waals surface area contributed by atoms with Crippen LogP contribution in [0.2, 0.25) is 5.02 Å². The van der Waals surface area contributed by atoms with Crippen molar-refractivity contribution in [2.45, 2.75) is 18.9 Å². The number of fused-ring (bicyclic) bond motifs is 1. The molecular weight excluding hydrogens is 386 g/mol. The van der Waals surface area contributed by atoms with E-state index >= 15 is 0 Å². The summed E-state index contributed by atoms with van der Waals surface area (Å²) in [7, 11) is 0. The molecule has 2 aliphatic heterocycles. The van der Waals surface area contributed by atoms with E-state index in [1.54, 1.807) is 0 Å². The van der Waals surface area contributed by atoms with E-state index in [9.17, 15) is 9.90 Å². The Morgan fingerprint density at radius 2 is 1.83 bits per heavy atom. The highest BCUT2D eigenvalue weighted by Crippen LogP contribution is 2.24. The summed E-state index contributed by atoms with van der Waals surface area (Å²) in [6.45, 7) is 4.35. The van der Waals surface area contributed by atoms with Crippen molar-refractivity contribution in [3.8, 4) is 0 Å². The number of hydrogen-bond donors (Lipinski definition) is 2. The van der Waals surface area contributed by atoms with E-state index in [2.05, 4.69) is 33.3 Å². The van der Waals surface area contributed by atoms with Gasteiger partial charge in [0.2, 0.25) is 5.91 Å². The van der Waals surface area contributed by atoms with Crippen LogP contribution in [0.1, 0.15) is 17.5 Å². The average molecular weight is 412 g/mol. The van der Waals surface area contributed by atoms with Gasteiger partial charge >= 0.3 is 0 Å². The van der Waals surface area contributed by atoms with Crippen molar-refractivity contribution >= 4 is 35.0 Å². The first-order valence-corrected chi connectivity index (χ1v) is 10.5. The van der Waals surface area contributed by atoms with Gasteiger partial charge in [0.15, 0.2) is 0 Å². The third kappa shape index (κ3) is 5.18. The zero-order valence-electron chi connectivity index (χ0n) is 16.4. The fraction of sp³-hybridized carbons (Fsp3) is 0.348. The normalized spacial score (nSPS) is 18.6. The zero-order valence-corrected chi connectivity index (χ0v) is 17.1. The number of hydrogen-bond acceptors (Lipinski definition) is 4. The van der Waals surface area contributed by atoms with Crippen LogP contribution in [-0.2, 0) is 11.2 Å². The molecule has 1 saturated heterocycles. The maximum absolute atomic E-state index is 11.5. The van der Waals surface area contributed by atoms with Crippen molar-refractivity contribution in [2.24, 2.45) is 0 Å². The van der Waals surface area contributed by atoms with Crippen LogP contribution in [0.25, 0.3) is 6.08 Å². The Labute approximate surface area is 176 Å². The summed E-state index contributed by atoms with van der Waals surface area (Å²) in [4.78, 5) is 16.1. The first-order chi connectivity index (χ1) is 14.1. The van der Waals surface area contributed by atoms with Gasteiger partial charge in [0.25, 0.3) is 0 Å². The molecule has 152 valence electrons. The second-order valence-corrected chi connectivity index (χ2v) is 8.09. The largest absolute Gasteiger partial charge is 0.388 e. The molecule has 1 unspecified atom stereocenters. The number of carbonyl (C=O) groups is 1. The maximum atomic E-state index is 11.5. The van der Waals surface area contributed by atoms with Crippen LogP contribution in [0.5, 0.6) is 0 Å². The number of piperazine rings is 1. The van der Waals surface area contributed by atoms with Gasteiger partial charge in [-0.2, -0.15) is 0 Å². The van der Waals surface area contributed by atoms with E-state index in [1.165, 1.54) is 5.69 Å². The maximum Gasteiger partial charge on any atom is 0.224 e. The first-order valence-electron chi connectivity index (χ1n) is 10.1. The Hall–Kier alpha value is -2.34. The number of nitrogens with zero attached hydrogens (tertiary/aromatic N) is 2. The third-order valence-corrected chi connectivity index (χ3v) is 5.80. The summed E-state index contributed by atoms with van der Waals surface area (Å²) in [5.41, 5.74) is 4.29. The number of rotatable bonds is 5. The molecule has 29 heavy (non-hydrogen) atoms. The van der Waals surface area contributed by atoms with E-state index in [4.69, 9.17) is 11.6 Å². The molecule has 5 nitrogen and oxygen atoms in total. The molecule has 2 aromatic carbocycles. The van der Waals surface area contributed by atoms with Gasteiger partial charge in [0, 0.05) is 55.5 Å². The number of aliphatic hydroxyl groups is 1. The lowest BCUT2D eigenvalue weighted by Crippen LogP contribution is -2.48. The highest BCUT2D eigenvalue weighted by Gasteiger charge is 2.19. The summed E-state index contributed by atoms with van der Waals surface area (Å²) < 4.78 is 0. The predicted molar refractivity (Wildman–Crippen MR) is 119 cm³/mol. The van der Waals surface area contributed by atoms with Crippen molar-refractivity contribution in [2.75, 3.05) is 42.9 Å². The molecule has 2 aliphatic rings. The summed E-state index contributed by atoms with van der Waals surface area (Å²) >= 11 is 5.97. The molecule has 0 aliphatic carbocycles. The lowest BCUT2D eigenvalue weighted by atomic mass is 10.00. The minimum atomic E-state index is -0.507. The van der Waals surface area contributed by atoms with Gasteiger partial charge in [-0.05, 0) is 53.9 Å². The van der Waals surface area contributed by atoms with Crippen molar-refractivity contribution < 1.29 is 9.90 Å².